The summed E-state index contributed by atoms with van der Waals surface area (Å²) in [4.78, 5) is 15.4. The van der Waals surface area contributed by atoms with Crippen molar-refractivity contribution in [3.63, 3.8) is 0 Å². The van der Waals surface area contributed by atoms with Crippen LogP contribution < -0.4 is 5.73 Å². The zero-order valence-electron chi connectivity index (χ0n) is 9.21. The van der Waals surface area contributed by atoms with Crippen LogP contribution in [-0.2, 0) is 4.79 Å². The van der Waals surface area contributed by atoms with Gasteiger partial charge < -0.3 is 10.8 Å². The molecule has 0 amide bonds. The van der Waals surface area contributed by atoms with Gasteiger partial charge in [0.15, 0.2) is 0 Å². The van der Waals surface area contributed by atoms with Crippen LogP contribution >= 0.6 is 0 Å². The third-order valence-corrected chi connectivity index (χ3v) is 3.14. The zero-order chi connectivity index (χ0) is 12.0. The third kappa shape index (κ3) is 1.59. The van der Waals surface area contributed by atoms with E-state index in [2.05, 4.69) is 4.98 Å². The molecule has 1 aliphatic rings. The molecule has 17 heavy (non-hydrogen) atoms. The van der Waals surface area contributed by atoms with E-state index in [4.69, 9.17) is 10.8 Å². The number of carboxylic acids is 1. The number of imidazole rings is 1. The molecule has 0 aliphatic heterocycles. The molecule has 1 saturated carbocycles. The van der Waals surface area contributed by atoms with Crippen molar-refractivity contribution in [2.75, 3.05) is 0 Å². The number of aromatic nitrogens is 2. The van der Waals surface area contributed by atoms with Crippen LogP contribution in [0.1, 0.15) is 36.3 Å². The van der Waals surface area contributed by atoms with Gasteiger partial charge in [0, 0.05) is 5.92 Å². The van der Waals surface area contributed by atoms with Crippen molar-refractivity contribution in [2.24, 2.45) is 5.73 Å². The Morgan fingerprint density at radius 2 is 2.29 bits per heavy atom. The van der Waals surface area contributed by atoms with Gasteiger partial charge in [0.05, 0.1) is 17.4 Å². The average Bonchev–Trinajstić information content (AvgIpc) is 3.07. The molecule has 3 rings (SSSR count). The lowest BCUT2D eigenvalue weighted by Gasteiger charge is -2.11. The fourth-order valence-corrected chi connectivity index (χ4v) is 2.10. The van der Waals surface area contributed by atoms with Crippen molar-refractivity contribution in [3.05, 3.63) is 35.9 Å². The van der Waals surface area contributed by atoms with Gasteiger partial charge >= 0.3 is 5.97 Å². The minimum atomic E-state index is -1.02. The summed E-state index contributed by atoms with van der Waals surface area (Å²) in [7, 11) is 0. The molecule has 5 heteroatoms. The van der Waals surface area contributed by atoms with Gasteiger partial charge in [0.25, 0.3) is 0 Å². The third-order valence-electron chi connectivity index (χ3n) is 3.14. The molecule has 3 N–H and O–H groups in total. The molecule has 2 aromatic heterocycles. The molecule has 1 unspecified atom stereocenters. The quantitative estimate of drug-likeness (QED) is 0.834. The Bertz CT molecular complexity index is 586. The van der Waals surface area contributed by atoms with Crippen LogP contribution in [0.2, 0.25) is 0 Å². The van der Waals surface area contributed by atoms with Crippen molar-refractivity contribution >= 4 is 11.5 Å². The maximum absolute atomic E-state index is 11.0. The molecule has 88 valence electrons. The fraction of sp³-hybridized carbons (Fsp3) is 0.333. The lowest BCUT2D eigenvalue weighted by molar-refractivity contribution is -0.138. The van der Waals surface area contributed by atoms with E-state index in [1.54, 1.807) is 12.3 Å². The highest BCUT2D eigenvalue weighted by Crippen LogP contribution is 2.40. The topological polar surface area (TPSA) is 80.6 Å². The van der Waals surface area contributed by atoms with Gasteiger partial charge in [-0.15, -0.1) is 0 Å². The number of nitrogens with zero attached hydrogens (tertiary/aromatic N) is 2. The monoisotopic (exact) mass is 231 g/mol. The van der Waals surface area contributed by atoms with Crippen molar-refractivity contribution < 1.29 is 9.90 Å². The first-order valence-corrected chi connectivity index (χ1v) is 5.63. The second kappa shape index (κ2) is 3.56. The van der Waals surface area contributed by atoms with Gasteiger partial charge in [0.2, 0.25) is 0 Å². The van der Waals surface area contributed by atoms with Gasteiger partial charge in [-0.2, -0.15) is 0 Å². The lowest BCUT2D eigenvalue weighted by atomic mass is 10.2. The number of pyridine rings is 1. The molecule has 0 spiro atoms. The van der Waals surface area contributed by atoms with Crippen molar-refractivity contribution in [1.29, 1.82) is 0 Å². The average molecular weight is 231 g/mol. The molecule has 1 atom stereocenters. The van der Waals surface area contributed by atoms with Crippen LogP contribution in [0.15, 0.2) is 24.4 Å². The summed E-state index contributed by atoms with van der Waals surface area (Å²) in [5.41, 5.74) is 7.20. The molecule has 0 aromatic carbocycles. The second-order valence-corrected chi connectivity index (χ2v) is 4.42. The molecule has 0 bridgehead atoms. The Morgan fingerprint density at radius 1 is 1.53 bits per heavy atom. The molecular weight excluding hydrogens is 218 g/mol. The Morgan fingerprint density at radius 3 is 2.94 bits per heavy atom. The van der Waals surface area contributed by atoms with Crippen LogP contribution in [0.3, 0.4) is 0 Å². The maximum Gasteiger partial charge on any atom is 0.326 e. The van der Waals surface area contributed by atoms with E-state index in [0.717, 1.165) is 24.2 Å². The first kappa shape index (κ1) is 10.3. The van der Waals surface area contributed by atoms with Gasteiger partial charge in [-0.1, -0.05) is 6.07 Å². The van der Waals surface area contributed by atoms with Crippen LogP contribution in [0, 0.1) is 0 Å². The first-order chi connectivity index (χ1) is 8.18. The second-order valence-electron chi connectivity index (χ2n) is 4.42. The molecular formula is C12H13N3O2. The Labute approximate surface area is 97.9 Å². The number of carboxylic acid groups (broad SMARTS) is 1. The lowest BCUT2D eigenvalue weighted by Crippen LogP contribution is -2.23. The normalized spacial score (nSPS) is 17.2. The van der Waals surface area contributed by atoms with Gasteiger partial charge in [-0.3, -0.25) is 9.20 Å². The van der Waals surface area contributed by atoms with Crippen molar-refractivity contribution in [3.8, 4) is 0 Å². The zero-order valence-corrected chi connectivity index (χ0v) is 9.21. The van der Waals surface area contributed by atoms with E-state index in [0.29, 0.717) is 11.6 Å². The minimum absolute atomic E-state index is 0.458. The predicted octanol–water partition coefficient (Wildman–Crippen LogP) is 1.30. The maximum atomic E-state index is 11.0. The standard InChI is InChI=1S/C12H13N3O2/c13-10(12(16)17)9-3-1-2-8-6-14-11(15(8)9)7-4-5-7/h1-3,6-7,10H,4-5,13H2,(H,16,17). The van der Waals surface area contributed by atoms with Crippen LogP contribution in [0.4, 0.5) is 0 Å². The number of nitrogens with two attached hydrogens (primary N) is 1. The summed E-state index contributed by atoms with van der Waals surface area (Å²) in [5.74, 6) is 0.375. The van der Waals surface area contributed by atoms with Gasteiger partial charge in [-0.05, 0) is 25.0 Å². The number of aliphatic carboxylic acids is 1. The molecule has 1 fully saturated rings. The minimum Gasteiger partial charge on any atom is -0.480 e. The molecule has 2 aromatic rings. The summed E-state index contributed by atoms with van der Waals surface area (Å²) in [5, 5.41) is 9.02. The number of fused-ring (bicyclic) bond motifs is 1. The Kier molecular flexibility index (Phi) is 2.16. The number of hydrogen-bond acceptors (Lipinski definition) is 3. The fourth-order valence-electron chi connectivity index (χ4n) is 2.10. The number of rotatable bonds is 3. The number of carbonyl (C=O) groups is 1. The smallest absolute Gasteiger partial charge is 0.326 e. The largest absolute Gasteiger partial charge is 0.480 e. The summed E-state index contributed by atoms with van der Waals surface area (Å²) in [6.07, 6.45) is 4.01. The van der Waals surface area contributed by atoms with Crippen LogP contribution in [0.5, 0.6) is 0 Å². The molecule has 0 saturated heterocycles. The highest BCUT2D eigenvalue weighted by Gasteiger charge is 2.29. The van der Waals surface area contributed by atoms with Gasteiger partial charge in [-0.25, -0.2) is 4.98 Å². The van der Waals surface area contributed by atoms with E-state index < -0.39 is 12.0 Å². The highest BCUT2D eigenvalue weighted by molar-refractivity contribution is 5.75. The molecule has 1 aliphatic carbocycles. The van der Waals surface area contributed by atoms with E-state index in [1.807, 2.05) is 16.5 Å². The van der Waals surface area contributed by atoms with E-state index in [9.17, 15) is 4.79 Å². The molecule has 5 nitrogen and oxygen atoms in total. The summed E-state index contributed by atoms with van der Waals surface area (Å²) >= 11 is 0. The van der Waals surface area contributed by atoms with E-state index >= 15 is 0 Å². The van der Waals surface area contributed by atoms with E-state index in [1.165, 1.54) is 0 Å². The summed E-state index contributed by atoms with van der Waals surface area (Å²) in [6, 6.07) is 4.47. The Balaban J connectivity index is 2.22. The summed E-state index contributed by atoms with van der Waals surface area (Å²) in [6.45, 7) is 0. The predicted molar refractivity (Wildman–Crippen MR) is 61.7 cm³/mol. The van der Waals surface area contributed by atoms with Gasteiger partial charge in [0.1, 0.15) is 11.9 Å². The number of hydrogen-bond donors (Lipinski definition) is 2. The molecule has 0 radical (unpaired) electrons. The van der Waals surface area contributed by atoms with Crippen molar-refractivity contribution in [1.82, 2.24) is 9.38 Å². The Hall–Kier alpha value is -1.88. The van der Waals surface area contributed by atoms with Crippen LogP contribution in [-0.4, -0.2) is 20.5 Å². The molecule has 2 heterocycles. The summed E-state index contributed by atoms with van der Waals surface area (Å²) < 4.78 is 1.89. The highest BCUT2D eigenvalue weighted by atomic mass is 16.4. The van der Waals surface area contributed by atoms with E-state index in [-0.39, 0.29) is 0 Å². The van der Waals surface area contributed by atoms with Crippen molar-refractivity contribution in [2.45, 2.75) is 24.8 Å². The van der Waals surface area contributed by atoms with Crippen LogP contribution in [0.25, 0.3) is 5.52 Å². The first-order valence-electron chi connectivity index (χ1n) is 5.63. The SMILES string of the molecule is NC(C(=O)O)c1cccc2cnc(C3CC3)n12.